The molecule has 0 spiro atoms. The molecule has 31 heavy (non-hydrogen) atoms. The zero-order valence-electron chi connectivity index (χ0n) is 17.0. The predicted molar refractivity (Wildman–Crippen MR) is 128 cm³/mol. The van der Waals surface area contributed by atoms with Crippen molar-refractivity contribution in [3.05, 3.63) is 126 Å². The summed E-state index contributed by atoms with van der Waals surface area (Å²) in [6.45, 7) is 0. The first kappa shape index (κ1) is 19.2. The van der Waals surface area contributed by atoms with Crippen LogP contribution in [0.25, 0.3) is 10.8 Å². The summed E-state index contributed by atoms with van der Waals surface area (Å²) >= 11 is 0. The van der Waals surface area contributed by atoms with Crippen LogP contribution >= 0.6 is 0 Å². The van der Waals surface area contributed by atoms with E-state index in [0.29, 0.717) is 5.70 Å². The minimum Gasteiger partial charge on any atom is -0.382 e. The molecule has 150 valence electrons. The molecule has 0 saturated carbocycles. The number of allylic oxidation sites excluding steroid dienone is 1. The Labute approximate surface area is 181 Å². The van der Waals surface area contributed by atoms with Gasteiger partial charge in [-0.05, 0) is 28.5 Å². The first-order valence-corrected chi connectivity index (χ1v) is 10.4. The van der Waals surface area contributed by atoms with Crippen molar-refractivity contribution in [2.75, 3.05) is 0 Å². The summed E-state index contributed by atoms with van der Waals surface area (Å²) in [4.78, 5) is 9.37. The number of nitrogens with zero attached hydrogens (tertiary/aromatic N) is 2. The van der Waals surface area contributed by atoms with Crippen molar-refractivity contribution in [2.45, 2.75) is 12.5 Å². The highest BCUT2D eigenvalue weighted by Crippen LogP contribution is 2.33. The standard InChI is InChI=1S/C28H22N2O/c31-28(26-15-8-18-29-26)24-14-7-13-20-16-17-23(19-25(20)24)30-27(21-9-3-1-4-10-21)22-11-5-2-6-12-22/h1-7,9-19,28,31H,8H2. The Morgan fingerprint density at radius 1 is 0.806 bits per heavy atom. The van der Waals surface area contributed by atoms with Gasteiger partial charge in [0.2, 0.25) is 0 Å². The van der Waals surface area contributed by atoms with Crippen LogP contribution in [0.3, 0.4) is 0 Å². The second-order valence-electron chi connectivity index (χ2n) is 7.52. The third-order valence-electron chi connectivity index (χ3n) is 5.48. The summed E-state index contributed by atoms with van der Waals surface area (Å²) in [5.74, 6) is 0. The smallest absolute Gasteiger partial charge is 0.121 e. The largest absolute Gasteiger partial charge is 0.382 e. The summed E-state index contributed by atoms with van der Waals surface area (Å²) in [6.07, 6.45) is 3.81. The fraction of sp³-hybridized carbons (Fsp3) is 0.0714. The lowest BCUT2D eigenvalue weighted by Gasteiger charge is -2.14. The fourth-order valence-electron chi connectivity index (χ4n) is 3.94. The summed E-state index contributed by atoms with van der Waals surface area (Å²) in [5.41, 5.74) is 5.44. The molecule has 0 aromatic heterocycles. The first-order chi connectivity index (χ1) is 15.3. The van der Waals surface area contributed by atoms with E-state index in [1.54, 1.807) is 0 Å². The maximum Gasteiger partial charge on any atom is 0.121 e. The van der Waals surface area contributed by atoms with Gasteiger partial charge in [0.1, 0.15) is 6.10 Å². The van der Waals surface area contributed by atoms with Gasteiger partial charge in [-0.25, -0.2) is 4.99 Å². The molecule has 0 aliphatic carbocycles. The van der Waals surface area contributed by atoms with Crippen LogP contribution in [-0.2, 0) is 0 Å². The van der Waals surface area contributed by atoms with Crippen LogP contribution in [0.15, 0.2) is 119 Å². The Balaban J connectivity index is 1.64. The molecule has 0 radical (unpaired) electrons. The Morgan fingerprint density at radius 3 is 2.16 bits per heavy atom. The predicted octanol–water partition coefficient (Wildman–Crippen LogP) is 6.40. The number of aliphatic hydroxyl groups excluding tert-OH is 1. The van der Waals surface area contributed by atoms with Crippen molar-refractivity contribution in [3.63, 3.8) is 0 Å². The van der Waals surface area contributed by atoms with Gasteiger partial charge in [0.15, 0.2) is 0 Å². The van der Waals surface area contributed by atoms with Gasteiger partial charge in [0.25, 0.3) is 0 Å². The lowest BCUT2D eigenvalue weighted by Crippen LogP contribution is -2.02. The minimum atomic E-state index is -0.746. The van der Waals surface area contributed by atoms with Gasteiger partial charge in [-0.3, -0.25) is 4.99 Å². The fourth-order valence-corrected chi connectivity index (χ4v) is 3.94. The number of aliphatic imine (C=N–C) groups is 2. The third-order valence-corrected chi connectivity index (χ3v) is 5.48. The molecule has 1 heterocycles. The average molecular weight is 402 g/mol. The van der Waals surface area contributed by atoms with Gasteiger partial charge in [-0.1, -0.05) is 91.0 Å². The van der Waals surface area contributed by atoms with E-state index in [9.17, 15) is 5.11 Å². The van der Waals surface area contributed by atoms with E-state index >= 15 is 0 Å². The molecular formula is C28H22N2O. The van der Waals surface area contributed by atoms with E-state index in [1.165, 1.54) is 0 Å². The Kier molecular flexibility index (Phi) is 5.26. The summed E-state index contributed by atoms with van der Waals surface area (Å²) < 4.78 is 0. The topological polar surface area (TPSA) is 45.0 Å². The van der Waals surface area contributed by atoms with Gasteiger partial charge in [0, 0.05) is 23.8 Å². The molecule has 4 aromatic rings. The molecule has 1 aliphatic heterocycles. The van der Waals surface area contributed by atoms with Crippen molar-refractivity contribution in [1.29, 1.82) is 0 Å². The minimum absolute atomic E-state index is 0.704. The Morgan fingerprint density at radius 2 is 1.52 bits per heavy atom. The molecule has 0 saturated heterocycles. The number of rotatable bonds is 5. The SMILES string of the molecule is OC(C1=CCC=N1)c1cccc2ccc(N=C(c3ccccc3)c3ccccc3)cc12. The van der Waals surface area contributed by atoms with Crippen LogP contribution in [0.4, 0.5) is 5.69 Å². The number of aliphatic hydroxyl groups is 1. The van der Waals surface area contributed by atoms with E-state index in [2.05, 4.69) is 47.5 Å². The number of hydrogen-bond acceptors (Lipinski definition) is 3. The van der Waals surface area contributed by atoms with E-state index in [0.717, 1.165) is 45.3 Å². The molecule has 1 N–H and O–H groups in total. The maximum absolute atomic E-state index is 10.9. The average Bonchev–Trinajstić information content (AvgIpc) is 3.38. The maximum atomic E-state index is 10.9. The zero-order valence-corrected chi connectivity index (χ0v) is 17.0. The molecule has 1 unspecified atom stereocenters. The van der Waals surface area contributed by atoms with E-state index < -0.39 is 6.10 Å². The number of fused-ring (bicyclic) bond motifs is 1. The van der Waals surface area contributed by atoms with Crippen LogP contribution in [0.2, 0.25) is 0 Å². The highest BCUT2D eigenvalue weighted by molar-refractivity contribution is 6.14. The molecule has 0 fully saturated rings. The second kappa shape index (κ2) is 8.50. The Hall–Kier alpha value is -3.82. The third kappa shape index (κ3) is 3.96. The van der Waals surface area contributed by atoms with Crippen LogP contribution in [0.1, 0.15) is 29.2 Å². The molecule has 1 atom stereocenters. The lowest BCUT2D eigenvalue weighted by atomic mass is 9.98. The van der Waals surface area contributed by atoms with Gasteiger partial charge in [-0.2, -0.15) is 0 Å². The van der Waals surface area contributed by atoms with Gasteiger partial charge in [-0.15, -0.1) is 0 Å². The molecule has 4 aromatic carbocycles. The van der Waals surface area contributed by atoms with Crippen LogP contribution in [0.5, 0.6) is 0 Å². The zero-order chi connectivity index (χ0) is 21.0. The molecule has 1 aliphatic rings. The van der Waals surface area contributed by atoms with E-state index in [1.807, 2.05) is 66.9 Å². The highest BCUT2D eigenvalue weighted by Gasteiger charge is 2.17. The van der Waals surface area contributed by atoms with Crippen molar-refractivity contribution in [3.8, 4) is 0 Å². The van der Waals surface area contributed by atoms with Crippen molar-refractivity contribution < 1.29 is 5.11 Å². The van der Waals surface area contributed by atoms with Crippen LogP contribution < -0.4 is 0 Å². The molecular weight excluding hydrogens is 380 g/mol. The van der Waals surface area contributed by atoms with Crippen molar-refractivity contribution >= 4 is 28.4 Å². The quantitative estimate of drug-likeness (QED) is 0.386. The van der Waals surface area contributed by atoms with Gasteiger partial charge in [0.05, 0.1) is 17.1 Å². The van der Waals surface area contributed by atoms with Gasteiger partial charge >= 0.3 is 0 Å². The first-order valence-electron chi connectivity index (χ1n) is 10.4. The number of hydrogen-bond donors (Lipinski definition) is 1. The Bertz CT molecular complexity index is 1260. The lowest BCUT2D eigenvalue weighted by molar-refractivity contribution is 0.216. The van der Waals surface area contributed by atoms with E-state index in [-0.39, 0.29) is 0 Å². The molecule has 0 bridgehead atoms. The summed E-state index contributed by atoms with van der Waals surface area (Å²) in [7, 11) is 0. The highest BCUT2D eigenvalue weighted by atomic mass is 16.3. The molecule has 5 rings (SSSR count). The second-order valence-corrected chi connectivity index (χ2v) is 7.52. The van der Waals surface area contributed by atoms with E-state index in [4.69, 9.17) is 4.99 Å². The van der Waals surface area contributed by atoms with Crippen molar-refractivity contribution in [2.24, 2.45) is 9.98 Å². The molecule has 3 nitrogen and oxygen atoms in total. The molecule has 0 amide bonds. The monoisotopic (exact) mass is 402 g/mol. The van der Waals surface area contributed by atoms with Crippen LogP contribution in [0, 0.1) is 0 Å². The summed E-state index contributed by atoms with van der Waals surface area (Å²) in [5, 5.41) is 13.0. The normalized spacial score (nSPS) is 13.8. The molecule has 3 heteroatoms. The number of benzene rings is 4. The van der Waals surface area contributed by atoms with Gasteiger partial charge < -0.3 is 5.11 Å². The summed E-state index contributed by atoms with van der Waals surface area (Å²) in [6, 6.07) is 32.6. The van der Waals surface area contributed by atoms with Crippen molar-refractivity contribution in [1.82, 2.24) is 0 Å². The van der Waals surface area contributed by atoms with Crippen LogP contribution in [-0.4, -0.2) is 17.0 Å².